The molecule has 7 nitrogen and oxygen atoms in total. The molecule has 1 aromatic carbocycles. The number of anilines is 1. The minimum absolute atomic E-state index is 0.0942. The number of hydrogen-bond donors (Lipinski definition) is 1. The van der Waals surface area contributed by atoms with Gasteiger partial charge in [-0.2, -0.15) is 9.57 Å². The average molecular weight is 499 g/mol. The number of carbonyl (C=O) groups excluding carboxylic acids is 1. The molecular weight excluding hydrogens is 468 g/mol. The number of thiophene rings is 1. The van der Waals surface area contributed by atoms with Crippen LogP contribution >= 0.6 is 11.3 Å². The van der Waals surface area contributed by atoms with Gasteiger partial charge in [-0.25, -0.2) is 8.42 Å². The Labute approximate surface area is 205 Å². The van der Waals surface area contributed by atoms with Crippen LogP contribution in [0.25, 0.3) is 0 Å². The van der Waals surface area contributed by atoms with Crippen LogP contribution in [0, 0.1) is 11.3 Å². The maximum Gasteiger partial charge on any atom is 0.243 e. The fraction of sp³-hybridized carbons (Fsp3) is 0.520. The minimum atomic E-state index is -3.49. The molecule has 1 amide bonds. The zero-order valence-corrected chi connectivity index (χ0v) is 20.9. The molecule has 0 bridgehead atoms. The number of aryl methyl sites for hydroxylation is 3. The summed E-state index contributed by atoms with van der Waals surface area (Å²) in [6, 6.07) is 7.85. The molecule has 2 aromatic rings. The monoisotopic (exact) mass is 498 g/mol. The fourth-order valence-electron chi connectivity index (χ4n) is 5.27. The van der Waals surface area contributed by atoms with Gasteiger partial charge in [0.15, 0.2) is 0 Å². The molecule has 1 aromatic heterocycles. The van der Waals surface area contributed by atoms with Crippen LogP contribution in [0.15, 0.2) is 23.1 Å². The molecule has 1 saturated heterocycles. The lowest BCUT2D eigenvalue weighted by atomic mass is 9.96. The van der Waals surface area contributed by atoms with Gasteiger partial charge < -0.3 is 10.2 Å². The van der Waals surface area contributed by atoms with Crippen LogP contribution in [0.2, 0.25) is 0 Å². The van der Waals surface area contributed by atoms with Crippen LogP contribution in [0.1, 0.15) is 52.8 Å². The lowest BCUT2D eigenvalue weighted by Gasteiger charge is -2.33. The molecule has 180 valence electrons. The van der Waals surface area contributed by atoms with E-state index < -0.39 is 10.0 Å². The smallest absolute Gasteiger partial charge is 0.243 e. The maximum atomic E-state index is 13.1. The lowest BCUT2D eigenvalue weighted by Crippen LogP contribution is -2.49. The van der Waals surface area contributed by atoms with Gasteiger partial charge in [0.2, 0.25) is 15.9 Å². The van der Waals surface area contributed by atoms with E-state index in [1.165, 1.54) is 10.4 Å². The summed E-state index contributed by atoms with van der Waals surface area (Å²) in [5.74, 6) is -0.0942. The average Bonchev–Trinajstić information content (AvgIpc) is 3.46. The third-order valence-corrected chi connectivity index (χ3v) is 10.3. The van der Waals surface area contributed by atoms with Crippen molar-refractivity contribution >= 4 is 32.3 Å². The van der Waals surface area contributed by atoms with Gasteiger partial charge in [-0.3, -0.25) is 4.79 Å². The van der Waals surface area contributed by atoms with Crippen molar-refractivity contribution in [3.63, 3.8) is 0 Å². The molecule has 1 fully saturated rings. The zero-order valence-electron chi connectivity index (χ0n) is 19.3. The highest BCUT2D eigenvalue weighted by Gasteiger charge is 2.29. The van der Waals surface area contributed by atoms with Gasteiger partial charge >= 0.3 is 0 Å². The number of nitriles is 1. The summed E-state index contributed by atoms with van der Waals surface area (Å²) in [5.41, 5.74) is 4.19. The highest BCUT2D eigenvalue weighted by Crippen LogP contribution is 2.37. The number of rotatable bonds is 6. The second-order valence-electron chi connectivity index (χ2n) is 9.35. The van der Waals surface area contributed by atoms with E-state index in [-0.39, 0.29) is 5.91 Å². The van der Waals surface area contributed by atoms with Gasteiger partial charge in [0.05, 0.1) is 10.5 Å². The third kappa shape index (κ3) is 4.65. The Balaban J connectivity index is 1.13. The molecule has 0 spiro atoms. The molecule has 1 aliphatic heterocycles. The van der Waals surface area contributed by atoms with Crippen molar-refractivity contribution in [1.29, 1.82) is 5.26 Å². The van der Waals surface area contributed by atoms with Gasteiger partial charge in [0, 0.05) is 44.0 Å². The highest BCUT2D eigenvalue weighted by atomic mass is 32.2. The van der Waals surface area contributed by atoms with Crippen molar-refractivity contribution in [3.05, 3.63) is 45.3 Å². The minimum Gasteiger partial charge on any atom is -0.317 e. The van der Waals surface area contributed by atoms with Gasteiger partial charge in [-0.15, -0.1) is 11.3 Å². The topological polar surface area (TPSA) is 93.5 Å². The van der Waals surface area contributed by atoms with E-state index in [0.29, 0.717) is 54.6 Å². The lowest BCUT2D eigenvalue weighted by molar-refractivity contribution is -0.116. The maximum absolute atomic E-state index is 13.1. The van der Waals surface area contributed by atoms with Gasteiger partial charge in [0.25, 0.3) is 0 Å². The van der Waals surface area contributed by atoms with E-state index in [0.717, 1.165) is 56.1 Å². The standard InChI is InChI=1S/C25H30N4O3S2/c26-17-22-21-6-1-2-7-23(21)33-25(22)27-24(30)10-11-28-12-14-29(15-13-28)34(31,32)20-9-8-18-4-3-5-19(18)16-20/h8-9,16H,1-7,10-15H2,(H,27,30). The number of piperazine rings is 1. The first-order valence-electron chi connectivity index (χ1n) is 12.1. The summed E-state index contributed by atoms with van der Waals surface area (Å²) in [7, 11) is -3.49. The number of nitrogens with one attached hydrogen (secondary N) is 1. The van der Waals surface area contributed by atoms with E-state index in [1.807, 2.05) is 12.1 Å². The largest absolute Gasteiger partial charge is 0.317 e. The molecule has 0 saturated carbocycles. The number of carbonyl (C=O) groups is 1. The van der Waals surface area contributed by atoms with E-state index in [9.17, 15) is 18.5 Å². The van der Waals surface area contributed by atoms with Crippen molar-refractivity contribution in [2.75, 3.05) is 38.0 Å². The van der Waals surface area contributed by atoms with Crippen molar-refractivity contribution in [2.45, 2.75) is 56.3 Å². The third-order valence-electron chi connectivity index (χ3n) is 7.23. The van der Waals surface area contributed by atoms with Crippen molar-refractivity contribution in [2.24, 2.45) is 0 Å². The molecule has 34 heavy (non-hydrogen) atoms. The Kier molecular flexibility index (Phi) is 6.76. The predicted octanol–water partition coefficient (Wildman–Crippen LogP) is 3.32. The molecule has 5 rings (SSSR count). The summed E-state index contributed by atoms with van der Waals surface area (Å²) >= 11 is 1.54. The molecule has 2 heterocycles. The second-order valence-corrected chi connectivity index (χ2v) is 12.4. The second kappa shape index (κ2) is 9.78. The highest BCUT2D eigenvalue weighted by molar-refractivity contribution is 7.89. The molecule has 1 N–H and O–H groups in total. The number of benzene rings is 1. The first kappa shape index (κ1) is 23.5. The predicted molar refractivity (Wildman–Crippen MR) is 133 cm³/mol. The Morgan fingerprint density at radius 3 is 2.59 bits per heavy atom. The van der Waals surface area contributed by atoms with Crippen LogP contribution in [0.5, 0.6) is 0 Å². The quantitative estimate of drug-likeness (QED) is 0.660. The van der Waals surface area contributed by atoms with E-state index >= 15 is 0 Å². The number of amides is 1. The Morgan fingerprint density at radius 2 is 1.79 bits per heavy atom. The summed E-state index contributed by atoms with van der Waals surface area (Å²) < 4.78 is 27.8. The van der Waals surface area contributed by atoms with Gasteiger partial charge in [0.1, 0.15) is 11.1 Å². The van der Waals surface area contributed by atoms with Crippen molar-refractivity contribution < 1.29 is 13.2 Å². The molecule has 0 atom stereocenters. The Hall–Kier alpha value is -2.25. The van der Waals surface area contributed by atoms with Crippen LogP contribution in [-0.4, -0.2) is 56.3 Å². The Bertz CT molecular complexity index is 1240. The summed E-state index contributed by atoms with van der Waals surface area (Å²) in [5, 5.41) is 13.2. The summed E-state index contributed by atoms with van der Waals surface area (Å²) in [6.07, 6.45) is 7.56. The van der Waals surface area contributed by atoms with Gasteiger partial charge in [-0.1, -0.05) is 6.07 Å². The zero-order chi connectivity index (χ0) is 23.7. The normalized spacial score (nSPS) is 18.8. The number of sulfonamides is 1. The number of hydrogen-bond acceptors (Lipinski definition) is 6. The van der Waals surface area contributed by atoms with E-state index in [4.69, 9.17) is 0 Å². The molecule has 0 radical (unpaired) electrons. The van der Waals surface area contributed by atoms with Crippen molar-refractivity contribution in [1.82, 2.24) is 9.21 Å². The molecular formula is C25H30N4O3S2. The van der Waals surface area contributed by atoms with Crippen molar-refractivity contribution in [3.8, 4) is 6.07 Å². The molecule has 3 aliphatic rings. The summed E-state index contributed by atoms with van der Waals surface area (Å²) in [6.45, 7) is 2.64. The number of fused-ring (bicyclic) bond motifs is 2. The fourth-order valence-corrected chi connectivity index (χ4v) is 8.00. The van der Waals surface area contributed by atoms with Gasteiger partial charge in [-0.05, 0) is 73.8 Å². The van der Waals surface area contributed by atoms with Crippen LogP contribution < -0.4 is 5.32 Å². The van der Waals surface area contributed by atoms with Crippen LogP contribution in [-0.2, 0) is 40.5 Å². The first-order chi connectivity index (χ1) is 16.5. The number of nitrogens with zero attached hydrogens (tertiary/aromatic N) is 3. The molecule has 0 unspecified atom stereocenters. The SMILES string of the molecule is N#Cc1c(NC(=O)CCN2CCN(S(=O)(=O)c3ccc4c(c3)CCC4)CC2)sc2c1CCCC2. The van der Waals surface area contributed by atoms with E-state index in [1.54, 1.807) is 21.7 Å². The molecule has 9 heteroatoms. The first-order valence-corrected chi connectivity index (χ1v) is 14.4. The van der Waals surface area contributed by atoms with Crippen LogP contribution in [0.4, 0.5) is 5.00 Å². The Morgan fingerprint density at radius 1 is 1.03 bits per heavy atom. The molecule has 2 aliphatic carbocycles. The van der Waals surface area contributed by atoms with E-state index in [2.05, 4.69) is 16.3 Å². The van der Waals surface area contributed by atoms with Crippen LogP contribution in [0.3, 0.4) is 0 Å². The summed E-state index contributed by atoms with van der Waals surface area (Å²) in [4.78, 5) is 16.4.